The molecule has 20 heavy (non-hydrogen) atoms. The maximum Gasteiger partial charge on any atom is 0.191 e. The Morgan fingerprint density at radius 1 is 1.25 bits per heavy atom. The zero-order chi connectivity index (χ0) is 14.6. The Bertz CT molecular complexity index is 459. The first-order valence-corrected chi connectivity index (χ1v) is 8.34. The van der Waals surface area contributed by atoms with Gasteiger partial charge in [0, 0.05) is 30.0 Å². The number of nitrogens with zero attached hydrogens (tertiary/aromatic N) is 2. The third-order valence-corrected chi connectivity index (χ3v) is 4.75. The first-order valence-electron chi connectivity index (χ1n) is 7.19. The second kappa shape index (κ2) is 6.53. The van der Waals surface area contributed by atoms with Crippen LogP contribution in [0.25, 0.3) is 0 Å². The lowest BCUT2D eigenvalue weighted by Gasteiger charge is -2.29. The minimum atomic E-state index is 0.0167. The molecule has 1 heterocycles. The Morgan fingerprint density at radius 2 is 1.85 bits per heavy atom. The molecule has 0 spiro atoms. The fraction of sp³-hybridized carbons (Fsp3) is 0.562. The average Bonchev–Trinajstić information content (AvgIpc) is 2.46. The van der Waals surface area contributed by atoms with Crippen LogP contribution in [0.2, 0.25) is 0 Å². The van der Waals surface area contributed by atoms with Crippen LogP contribution in [0.3, 0.4) is 0 Å². The molecule has 0 aliphatic carbocycles. The van der Waals surface area contributed by atoms with E-state index >= 15 is 0 Å². The molecule has 2 N–H and O–H groups in total. The largest absolute Gasteiger partial charge is 0.370 e. The summed E-state index contributed by atoms with van der Waals surface area (Å²) in [5.74, 6) is 3.00. The Labute approximate surface area is 126 Å². The molecule has 0 unspecified atom stereocenters. The van der Waals surface area contributed by atoms with Gasteiger partial charge in [-0.3, -0.25) is 4.99 Å². The lowest BCUT2D eigenvalue weighted by atomic mass is 9.84. The van der Waals surface area contributed by atoms with Crippen LogP contribution >= 0.6 is 11.8 Å². The Morgan fingerprint density at radius 3 is 2.45 bits per heavy atom. The van der Waals surface area contributed by atoms with E-state index in [2.05, 4.69) is 54.9 Å². The van der Waals surface area contributed by atoms with E-state index in [0.29, 0.717) is 5.96 Å². The molecule has 0 bridgehead atoms. The summed E-state index contributed by atoms with van der Waals surface area (Å²) in [6, 6.07) is 8.70. The summed E-state index contributed by atoms with van der Waals surface area (Å²) >= 11 is 1.99. The molecular weight excluding hydrogens is 266 g/mol. The molecule has 1 aliphatic heterocycles. The maximum absolute atomic E-state index is 6.12. The number of hydrogen-bond donors (Lipinski definition) is 1. The lowest BCUT2D eigenvalue weighted by Crippen LogP contribution is -2.43. The molecule has 1 fully saturated rings. The molecule has 0 aromatic heterocycles. The predicted octanol–water partition coefficient (Wildman–Crippen LogP) is 2.64. The zero-order valence-electron chi connectivity index (χ0n) is 12.7. The van der Waals surface area contributed by atoms with Crippen molar-refractivity contribution in [3.8, 4) is 0 Å². The fourth-order valence-corrected chi connectivity index (χ4v) is 3.17. The monoisotopic (exact) mass is 291 g/mol. The van der Waals surface area contributed by atoms with Crippen LogP contribution in [-0.4, -0.2) is 42.0 Å². The molecule has 1 saturated heterocycles. The number of rotatable bonds is 3. The molecular formula is C16H25N3S. The highest BCUT2D eigenvalue weighted by Crippen LogP contribution is 2.24. The van der Waals surface area contributed by atoms with E-state index < -0.39 is 0 Å². The number of thioether (sulfide) groups is 1. The highest BCUT2D eigenvalue weighted by Gasteiger charge is 2.21. The van der Waals surface area contributed by atoms with Crippen LogP contribution in [0, 0.1) is 6.92 Å². The average molecular weight is 291 g/mol. The van der Waals surface area contributed by atoms with Crippen LogP contribution in [0.15, 0.2) is 29.3 Å². The number of benzene rings is 1. The van der Waals surface area contributed by atoms with Gasteiger partial charge in [-0.1, -0.05) is 43.7 Å². The van der Waals surface area contributed by atoms with E-state index in [0.717, 1.165) is 31.1 Å². The molecule has 1 aromatic rings. The number of aliphatic imine (C=N–C) groups is 1. The predicted molar refractivity (Wildman–Crippen MR) is 89.6 cm³/mol. The standard InChI is InChI=1S/C16H25N3S/c1-13-4-6-14(7-5-13)16(2,3)12-18-15(17)19-8-10-20-11-9-19/h4-7H,8-12H2,1-3H3,(H2,17,18). The third-order valence-electron chi connectivity index (χ3n) is 3.80. The first kappa shape index (κ1) is 15.2. The second-order valence-electron chi connectivity index (χ2n) is 6.02. The van der Waals surface area contributed by atoms with Gasteiger partial charge in [-0.15, -0.1) is 0 Å². The molecule has 110 valence electrons. The minimum Gasteiger partial charge on any atom is -0.370 e. The van der Waals surface area contributed by atoms with Gasteiger partial charge in [0.05, 0.1) is 6.54 Å². The van der Waals surface area contributed by atoms with E-state index in [1.165, 1.54) is 11.1 Å². The highest BCUT2D eigenvalue weighted by atomic mass is 32.2. The van der Waals surface area contributed by atoms with Gasteiger partial charge in [0.15, 0.2) is 5.96 Å². The Hall–Kier alpha value is -1.16. The van der Waals surface area contributed by atoms with E-state index in [9.17, 15) is 0 Å². The van der Waals surface area contributed by atoms with Crippen molar-refractivity contribution >= 4 is 17.7 Å². The normalized spacial score (nSPS) is 17.4. The van der Waals surface area contributed by atoms with Gasteiger partial charge >= 0.3 is 0 Å². The second-order valence-corrected chi connectivity index (χ2v) is 7.25. The van der Waals surface area contributed by atoms with Gasteiger partial charge < -0.3 is 10.6 Å². The van der Waals surface area contributed by atoms with Crippen molar-refractivity contribution in [2.24, 2.45) is 10.7 Å². The van der Waals surface area contributed by atoms with Crippen molar-refractivity contribution in [2.75, 3.05) is 31.1 Å². The SMILES string of the molecule is Cc1ccc(C(C)(C)CN=C(N)N2CCSCC2)cc1. The smallest absolute Gasteiger partial charge is 0.191 e. The van der Waals surface area contributed by atoms with Gasteiger partial charge in [0.1, 0.15) is 0 Å². The Kier molecular flexibility index (Phi) is 4.97. The number of hydrogen-bond acceptors (Lipinski definition) is 2. The number of guanidine groups is 1. The molecule has 4 heteroatoms. The van der Waals surface area contributed by atoms with Crippen LogP contribution in [0.5, 0.6) is 0 Å². The van der Waals surface area contributed by atoms with Crippen molar-refractivity contribution in [1.82, 2.24) is 4.90 Å². The van der Waals surface area contributed by atoms with Crippen LogP contribution in [0.1, 0.15) is 25.0 Å². The fourth-order valence-electron chi connectivity index (χ4n) is 2.27. The van der Waals surface area contributed by atoms with Gasteiger partial charge in [-0.05, 0) is 12.5 Å². The minimum absolute atomic E-state index is 0.0167. The summed E-state index contributed by atoms with van der Waals surface area (Å²) in [5.41, 5.74) is 8.75. The van der Waals surface area contributed by atoms with Gasteiger partial charge in [-0.2, -0.15) is 11.8 Å². The summed E-state index contributed by atoms with van der Waals surface area (Å²) in [5, 5.41) is 0. The first-order chi connectivity index (χ1) is 9.49. The van der Waals surface area contributed by atoms with Gasteiger partial charge in [-0.25, -0.2) is 0 Å². The van der Waals surface area contributed by atoms with Crippen LogP contribution in [0.4, 0.5) is 0 Å². The molecule has 0 saturated carbocycles. The summed E-state index contributed by atoms with van der Waals surface area (Å²) in [4.78, 5) is 6.83. The van der Waals surface area contributed by atoms with E-state index in [-0.39, 0.29) is 5.41 Å². The van der Waals surface area contributed by atoms with E-state index in [4.69, 9.17) is 5.73 Å². The molecule has 1 aliphatic rings. The van der Waals surface area contributed by atoms with Crippen molar-refractivity contribution < 1.29 is 0 Å². The van der Waals surface area contributed by atoms with E-state index in [1.54, 1.807) is 0 Å². The van der Waals surface area contributed by atoms with Crippen molar-refractivity contribution in [1.29, 1.82) is 0 Å². The van der Waals surface area contributed by atoms with Crippen molar-refractivity contribution in [3.05, 3.63) is 35.4 Å². The van der Waals surface area contributed by atoms with Crippen molar-refractivity contribution in [3.63, 3.8) is 0 Å². The lowest BCUT2D eigenvalue weighted by molar-refractivity contribution is 0.449. The maximum atomic E-state index is 6.12. The van der Waals surface area contributed by atoms with Gasteiger partial charge in [0.25, 0.3) is 0 Å². The number of aryl methyl sites for hydroxylation is 1. The summed E-state index contributed by atoms with van der Waals surface area (Å²) in [7, 11) is 0. The molecule has 0 radical (unpaired) electrons. The molecule has 0 atom stereocenters. The summed E-state index contributed by atoms with van der Waals surface area (Å²) in [6.07, 6.45) is 0. The zero-order valence-corrected chi connectivity index (χ0v) is 13.5. The molecule has 0 amide bonds. The van der Waals surface area contributed by atoms with Gasteiger partial charge in [0.2, 0.25) is 0 Å². The highest BCUT2D eigenvalue weighted by molar-refractivity contribution is 7.99. The quantitative estimate of drug-likeness (QED) is 0.687. The molecule has 1 aromatic carbocycles. The third kappa shape index (κ3) is 3.92. The molecule has 3 nitrogen and oxygen atoms in total. The number of nitrogens with two attached hydrogens (primary N) is 1. The van der Waals surface area contributed by atoms with E-state index in [1.807, 2.05) is 11.8 Å². The summed E-state index contributed by atoms with van der Waals surface area (Å²) < 4.78 is 0. The summed E-state index contributed by atoms with van der Waals surface area (Å²) in [6.45, 7) is 9.32. The topological polar surface area (TPSA) is 41.6 Å². The van der Waals surface area contributed by atoms with Crippen molar-refractivity contribution in [2.45, 2.75) is 26.2 Å². The Balaban J connectivity index is 2.01. The molecule has 2 rings (SSSR count). The van der Waals surface area contributed by atoms with Crippen LogP contribution in [-0.2, 0) is 5.41 Å². The van der Waals surface area contributed by atoms with Crippen LogP contribution < -0.4 is 5.73 Å².